The number of nitrogens with zero attached hydrogens (tertiary/aromatic N) is 1. The van der Waals surface area contributed by atoms with Crippen LogP contribution >= 0.6 is 0 Å². The molecule has 0 aromatic heterocycles. The summed E-state index contributed by atoms with van der Waals surface area (Å²) in [5.74, 6) is 0.538. The zero-order valence-corrected chi connectivity index (χ0v) is 13.2. The highest BCUT2D eigenvalue weighted by Crippen LogP contribution is 2.27. The number of rotatable bonds is 5. The molecule has 23 heavy (non-hydrogen) atoms. The van der Waals surface area contributed by atoms with Crippen molar-refractivity contribution in [3.63, 3.8) is 0 Å². The third-order valence-electron chi connectivity index (χ3n) is 4.40. The number of methoxy groups -OCH3 is 1. The lowest BCUT2D eigenvalue weighted by Crippen LogP contribution is -2.31. The Balaban J connectivity index is 1.83. The maximum Gasteiger partial charge on any atom is 0.196 e. The van der Waals surface area contributed by atoms with Crippen LogP contribution in [0.25, 0.3) is 0 Å². The van der Waals surface area contributed by atoms with E-state index in [-0.39, 0.29) is 18.4 Å². The summed E-state index contributed by atoms with van der Waals surface area (Å²) in [6.07, 6.45) is 2.10. The van der Waals surface area contributed by atoms with E-state index in [2.05, 4.69) is 4.90 Å². The minimum absolute atomic E-state index is 0.0471. The summed E-state index contributed by atoms with van der Waals surface area (Å²) in [5, 5.41) is 9.44. The van der Waals surface area contributed by atoms with Crippen LogP contribution in [0.2, 0.25) is 0 Å². The lowest BCUT2D eigenvalue weighted by molar-refractivity contribution is 0.103. The Morgan fingerprint density at radius 2 is 1.96 bits per heavy atom. The average Bonchev–Trinajstić information content (AvgIpc) is 3.10. The molecule has 1 aliphatic rings. The number of para-hydroxylation sites is 1. The molecular formula is C19H21NO3. The van der Waals surface area contributed by atoms with Crippen LogP contribution in [0.4, 0.5) is 5.69 Å². The van der Waals surface area contributed by atoms with E-state index in [1.54, 1.807) is 19.2 Å². The van der Waals surface area contributed by atoms with Crippen molar-refractivity contribution in [1.29, 1.82) is 0 Å². The van der Waals surface area contributed by atoms with Crippen molar-refractivity contribution >= 4 is 11.5 Å². The van der Waals surface area contributed by atoms with E-state index in [0.717, 1.165) is 25.1 Å². The fourth-order valence-electron chi connectivity index (χ4n) is 3.16. The van der Waals surface area contributed by atoms with E-state index < -0.39 is 0 Å². The molecule has 2 aromatic rings. The van der Waals surface area contributed by atoms with Gasteiger partial charge in [0.1, 0.15) is 5.75 Å². The molecule has 1 N–H and O–H groups in total. The second kappa shape index (κ2) is 6.84. The minimum Gasteiger partial charge on any atom is -0.496 e. The van der Waals surface area contributed by atoms with Gasteiger partial charge in [-0.2, -0.15) is 0 Å². The van der Waals surface area contributed by atoms with Gasteiger partial charge in [0, 0.05) is 17.8 Å². The van der Waals surface area contributed by atoms with Gasteiger partial charge in [-0.25, -0.2) is 0 Å². The van der Waals surface area contributed by atoms with Gasteiger partial charge in [0.2, 0.25) is 0 Å². The van der Waals surface area contributed by atoms with Gasteiger partial charge >= 0.3 is 0 Å². The Labute approximate surface area is 136 Å². The number of hydrogen-bond donors (Lipinski definition) is 1. The number of aliphatic hydroxyl groups excluding tert-OH is 1. The predicted octanol–water partition coefficient (Wildman–Crippen LogP) is 2.89. The van der Waals surface area contributed by atoms with Crippen LogP contribution in [0.5, 0.6) is 5.75 Å². The van der Waals surface area contributed by atoms with Gasteiger partial charge in [-0.3, -0.25) is 4.79 Å². The van der Waals surface area contributed by atoms with E-state index >= 15 is 0 Å². The number of carbonyl (C=O) groups is 1. The van der Waals surface area contributed by atoms with Gasteiger partial charge in [-0.05, 0) is 49.2 Å². The van der Waals surface area contributed by atoms with Crippen LogP contribution in [0.3, 0.4) is 0 Å². The van der Waals surface area contributed by atoms with Crippen LogP contribution in [0.1, 0.15) is 28.8 Å². The Bertz CT molecular complexity index is 681. The first-order chi connectivity index (χ1) is 11.2. The van der Waals surface area contributed by atoms with Crippen molar-refractivity contribution in [3.05, 3.63) is 59.7 Å². The largest absolute Gasteiger partial charge is 0.496 e. The molecule has 0 saturated carbocycles. The third-order valence-corrected chi connectivity index (χ3v) is 4.40. The summed E-state index contributed by atoms with van der Waals surface area (Å²) in [6.45, 7) is 1.12. The highest BCUT2D eigenvalue weighted by molar-refractivity contribution is 6.10. The fourth-order valence-corrected chi connectivity index (χ4v) is 3.16. The first-order valence-electron chi connectivity index (χ1n) is 7.90. The number of ketones is 1. The molecule has 1 aliphatic heterocycles. The van der Waals surface area contributed by atoms with Crippen molar-refractivity contribution in [2.75, 3.05) is 25.2 Å². The maximum absolute atomic E-state index is 12.6. The molecule has 3 rings (SSSR count). The van der Waals surface area contributed by atoms with Crippen LogP contribution in [0.15, 0.2) is 48.5 Å². The molecule has 1 saturated heterocycles. The van der Waals surface area contributed by atoms with E-state index in [4.69, 9.17) is 4.74 Å². The smallest absolute Gasteiger partial charge is 0.196 e. The summed E-state index contributed by atoms with van der Waals surface area (Å²) >= 11 is 0. The van der Waals surface area contributed by atoms with E-state index in [1.807, 2.05) is 36.4 Å². The van der Waals surface area contributed by atoms with Crippen LogP contribution in [-0.4, -0.2) is 37.2 Å². The molecule has 2 aromatic carbocycles. The van der Waals surface area contributed by atoms with Gasteiger partial charge < -0.3 is 14.7 Å². The van der Waals surface area contributed by atoms with Crippen molar-refractivity contribution in [2.45, 2.75) is 18.9 Å². The number of hydrogen-bond acceptors (Lipinski definition) is 4. The minimum atomic E-state index is -0.0471. The first kappa shape index (κ1) is 15.6. The molecule has 0 spiro atoms. The summed E-state index contributed by atoms with van der Waals surface area (Å²) < 4.78 is 5.26. The van der Waals surface area contributed by atoms with Gasteiger partial charge in [0.25, 0.3) is 0 Å². The summed E-state index contributed by atoms with van der Waals surface area (Å²) in [5.41, 5.74) is 2.26. The summed E-state index contributed by atoms with van der Waals surface area (Å²) in [7, 11) is 1.57. The predicted molar refractivity (Wildman–Crippen MR) is 90.3 cm³/mol. The van der Waals surface area contributed by atoms with Crippen molar-refractivity contribution in [2.24, 2.45) is 0 Å². The first-order valence-corrected chi connectivity index (χ1v) is 7.90. The molecule has 0 aliphatic carbocycles. The number of anilines is 1. The normalized spacial score (nSPS) is 17.3. The van der Waals surface area contributed by atoms with Gasteiger partial charge in [-0.1, -0.05) is 12.1 Å². The molecule has 4 heteroatoms. The van der Waals surface area contributed by atoms with Crippen molar-refractivity contribution < 1.29 is 14.6 Å². The molecule has 0 radical (unpaired) electrons. The van der Waals surface area contributed by atoms with Crippen LogP contribution < -0.4 is 9.64 Å². The standard InChI is InChI=1S/C19H21NO3/c1-23-18-7-3-2-6-17(18)19(22)14-8-10-15(11-9-14)20-12-4-5-16(20)13-21/h2-3,6-11,16,21H,4-5,12-13H2,1H3. The number of aliphatic hydroxyl groups is 1. The second-order valence-electron chi connectivity index (χ2n) is 5.75. The van der Waals surface area contributed by atoms with Crippen molar-refractivity contribution in [3.8, 4) is 5.75 Å². The molecule has 1 fully saturated rings. The Hall–Kier alpha value is -2.33. The zero-order chi connectivity index (χ0) is 16.2. The quantitative estimate of drug-likeness (QED) is 0.863. The van der Waals surface area contributed by atoms with Crippen LogP contribution in [-0.2, 0) is 0 Å². The fraction of sp³-hybridized carbons (Fsp3) is 0.316. The second-order valence-corrected chi connectivity index (χ2v) is 5.75. The maximum atomic E-state index is 12.6. The SMILES string of the molecule is COc1ccccc1C(=O)c1ccc(N2CCCC2CO)cc1. The average molecular weight is 311 g/mol. The molecule has 0 amide bonds. The van der Waals surface area contributed by atoms with E-state index in [1.165, 1.54) is 0 Å². The van der Waals surface area contributed by atoms with Gasteiger partial charge in [0.15, 0.2) is 5.78 Å². The van der Waals surface area contributed by atoms with Crippen molar-refractivity contribution in [1.82, 2.24) is 0 Å². The molecule has 4 nitrogen and oxygen atoms in total. The summed E-state index contributed by atoms with van der Waals surface area (Å²) in [6, 6.07) is 15.0. The number of benzene rings is 2. The van der Waals surface area contributed by atoms with E-state index in [0.29, 0.717) is 16.9 Å². The molecule has 1 atom stereocenters. The Morgan fingerprint density at radius 3 is 2.65 bits per heavy atom. The third kappa shape index (κ3) is 3.08. The topological polar surface area (TPSA) is 49.8 Å². The molecule has 0 bridgehead atoms. The molecule has 120 valence electrons. The highest BCUT2D eigenvalue weighted by Gasteiger charge is 2.24. The Morgan fingerprint density at radius 1 is 1.22 bits per heavy atom. The molecule has 1 heterocycles. The molecular weight excluding hydrogens is 290 g/mol. The van der Waals surface area contributed by atoms with E-state index in [9.17, 15) is 9.90 Å². The lowest BCUT2D eigenvalue weighted by atomic mass is 10.0. The number of carbonyl (C=O) groups excluding carboxylic acids is 1. The highest BCUT2D eigenvalue weighted by atomic mass is 16.5. The monoisotopic (exact) mass is 311 g/mol. The van der Waals surface area contributed by atoms with Crippen LogP contribution in [0, 0.1) is 0 Å². The molecule has 1 unspecified atom stereocenters. The Kier molecular flexibility index (Phi) is 4.63. The number of ether oxygens (including phenoxy) is 1. The van der Waals surface area contributed by atoms with Gasteiger partial charge in [-0.15, -0.1) is 0 Å². The lowest BCUT2D eigenvalue weighted by Gasteiger charge is -2.25. The van der Waals surface area contributed by atoms with Gasteiger partial charge in [0.05, 0.1) is 25.3 Å². The summed E-state index contributed by atoms with van der Waals surface area (Å²) in [4.78, 5) is 14.9. The zero-order valence-electron chi connectivity index (χ0n) is 13.2.